The van der Waals surface area contributed by atoms with Crippen LogP contribution < -0.4 is 13.6 Å². The first-order valence-corrected chi connectivity index (χ1v) is 8.89. The third kappa shape index (κ3) is 4.72. The number of hydrogen-bond acceptors (Lipinski definition) is 3. The van der Waals surface area contributed by atoms with Crippen molar-refractivity contribution in [2.45, 2.75) is 0 Å². The van der Waals surface area contributed by atoms with E-state index in [4.69, 9.17) is 13.6 Å². The summed E-state index contributed by atoms with van der Waals surface area (Å²) in [6.07, 6.45) is 0. The van der Waals surface area contributed by atoms with Crippen LogP contribution in [0, 0.1) is 0 Å². The zero-order chi connectivity index (χ0) is 15.9. The predicted octanol–water partition coefficient (Wildman–Crippen LogP) is 6.21. The van der Waals surface area contributed by atoms with Gasteiger partial charge in [0.15, 0.2) is 0 Å². The summed E-state index contributed by atoms with van der Waals surface area (Å²) >= 11 is 3.47. The van der Waals surface area contributed by atoms with Crippen molar-refractivity contribution in [3.05, 3.63) is 89.4 Å². The minimum Gasteiger partial charge on any atom is -0.409 e. The molecule has 0 fully saturated rings. The molecule has 23 heavy (non-hydrogen) atoms. The maximum absolute atomic E-state index is 5.93. The fourth-order valence-electron chi connectivity index (χ4n) is 1.79. The molecule has 0 unspecified atom stereocenters. The minimum absolute atomic E-state index is 0.672. The van der Waals surface area contributed by atoms with Crippen LogP contribution in [0.3, 0.4) is 0 Å². The van der Waals surface area contributed by atoms with Crippen LogP contribution in [0.15, 0.2) is 89.4 Å². The van der Waals surface area contributed by atoms with Crippen molar-refractivity contribution in [2.75, 3.05) is 0 Å². The topological polar surface area (TPSA) is 27.7 Å². The molecule has 0 aromatic heterocycles. The van der Waals surface area contributed by atoms with Crippen LogP contribution in [0.4, 0.5) is 0 Å². The van der Waals surface area contributed by atoms with Gasteiger partial charge in [-0.05, 0) is 52.3 Å². The van der Waals surface area contributed by atoms with E-state index in [1.807, 2.05) is 84.9 Å². The second-order valence-electron chi connectivity index (χ2n) is 4.55. The highest BCUT2D eigenvalue weighted by molar-refractivity contribution is 9.10. The van der Waals surface area contributed by atoms with E-state index in [2.05, 4.69) is 15.9 Å². The first-order valence-electron chi connectivity index (χ1n) is 7.00. The summed E-state index contributed by atoms with van der Waals surface area (Å²) in [5.41, 5.74) is 0. The molecule has 3 rings (SSSR count). The molecule has 0 aliphatic heterocycles. The zero-order valence-corrected chi connectivity index (χ0v) is 14.6. The molecule has 0 N–H and O–H groups in total. The first kappa shape index (κ1) is 15.9. The Labute approximate surface area is 145 Å². The summed E-state index contributed by atoms with van der Waals surface area (Å²) in [6.45, 7) is 0. The normalized spacial score (nSPS) is 10.3. The van der Waals surface area contributed by atoms with Crippen molar-refractivity contribution in [3.63, 3.8) is 0 Å². The molecule has 0 spiro atoms. The van der Waals surface area contributed by atoms with Crippen molar-refractivity contribution in [3.8, 4) is 17.2 Å². The molecule has 5 heteroatoms. The highest BCUT2D eigenvalue weighted by atomic mass is 79.9. The van der Waals surface area contributed by atoms with E-state index in [1.165, 1.54) is 0 Å². The van der Waals surface area contributed by atoms with Crippen molar-refractivity contribution in [1.29, 1.82) is 0 Å². The van der Waals surface area contributed by atoms with E-state index in [-0.39, 0.29) is 0 Å². The number of para-hydroxylation sites is 3. The standard InChI is InChI=1S/C18H14BrO3P/c19-17-13-7-8-14-18(17)22-23(20-15-9-3-1-4-10-15)21-16-11-5-2-6-12-16/h1-14H. The molecule has 0 saturated carbocycles. The molecular formula is C18H14BrO3P. The average Bonchev–Trinajstić information content (AvgIpc) is 2.59. The van der Waals surface area contributed by atoms with Gasteiger partial charge in [0, 0.05) is 0 Å². The van der Waals surface area contributed by atoms with Crippen LogP contribution in [-0.2, 0) is 0 Å². The van der Waals surface area contributed by atoms with Gasteiger partial charge in [0.2, 0.25) is 0 Å². The van der Waals surface area contributed by atoms with Gasteiger partial charge < -0.3 is 13.6 Å². The molecule has 0 atom stereocenters. The lowest BCUT2D eigenvalue weighted by Crippen LogP contribution is -2.02. The van der Waals surface area contributed by atoms with E-state index in [0.29, 0.717) is 17.2 Å². The van der Waals surface area contributed by atoms with Crippen molar-refractivity contribution < 1.29 is 13.6 Å². The van der Waals surface area contributed by atoms with Crippen molar-refractivity contribution >= 4 is 24.5 Å². The van der Waals surface area contributed by atoms with Crippen LogP contribution in [0.25, 0.3) is 0 Å². The van der Waals surface area contributed by atoms with Gasteiger partial charge in [0.25, 0.3) is 0 Å². The molecule has 3 nitrogen and oxygen atoms in total. The third-order valence-electron chi connectivity index (χ3n) is 2.86. The van der Waals surface area contributed by atoms with Gasteiger partial charge in [0.1, 0.15) is 17.2 Å². The Morgan fingerprint density at radius 2 is 1.04 bits per heavy atom. The lowest BCUT2D eigenvalue weighted by molar-refractivity contribution is 0.387. The van der Waals surface area contributed by atoms with Gasteiger partial charge in [-0.2, -0.15) is 0 Å². The van der Waals surface area contributed by atoms with Gasteiger partial charge in [-0.1, -0.05) is 48.5 Å². The molecule has 0 bridgehead atoms. The molecular weight excluding hydrogens is 375 g/mol. The zero-order valence-electron chi connectivity index (χ0n) is 12.1. The van der Waals surface area contributed by atoms with Crippen LogP contribution in [0.5, 0.6) is 17.2 Å². The van der Waals surface area contributed by atoms with E-state index >= 15 is 0 Å². The second-order valence-corrected chi connectivity index (χ2v) is 6.40. The molecule has 0 aliphatic carbocycles. The van der Waals surface area contributed by atoms with Gasteiger partial charge in [-0.15, -0.1) is 0 Å². The lowest BCUT2D eigenvalue weighted by Gasteiger charge is -2.18. The SMILES string of the molecule is Brc1ccccc1OP(Oc1ccccc1)Oc1ccccc1. The first-order chi connectivity index (χ1) is 11.3. The molecule has 116 valence electrons. The Hall–Kier alpha value is -2.03. The summed E-state index contributed by atoms with van der Waals surface area (Å²) in [7, 11) is -1.64. The Morgan fingerprint density at radius 1 is 0.565 bits per heavy atom. The van der Waals surface area contributed by atoms with Crippen LogP contribution in [0.1, 0.15) is 0 Å². The minimum atomic E-state index is -1.64. The Bertz CT molecular complexity index is 696. The highest BCUT2D eigenvalue weighted by Crippen LogP contribution is 2.43. The lowest BCUT2D eigenvalue weighted by atomic mass is 10.3. The summed E-state index contributed by atoms with van der Waals surface area (Å²) in [6, 6.07) is 26.6. The monoisotopic (exact) mass is 388 g/mol. The molecule has 3 aromatic carbocycles. The summed E-state index contributed by atoms with van der Waals surface area (Å²) in [4.78, 5) is 0. The fourth-order valence-corrected chi connectivity index (χ4v) is 3.30. The molecule has 0 aliphatic rings. The molecule has 0 heterocycles. The summed E-state index contributed by atoms with van der Waals surface area (Å²) in [5.74, 6) is 2.06. The number of halogens is 1. The Morgan fingerprint density at radius 3 is 1.57 bits per heavy atom. The molecule has 3 aromatic rings. The van der Waals surface area contributed by atoms with Crippen molar-refractivity contribution in [2.24, 2.45) is 0 Å². The maximum atomic E-state index is 5.93. The summed E-state index contributed by atoms with van der Waals surface area (Å²) < 4.78 is 18.5. The fraction of sp³-hybridized carbons (Fsp3) is 0. The third-order valence-corrected chi connectivity index (χ3v) is 4.58. The van der Waals surface area contributed by atoms with E-state index in [0.717, 1.165) is 4.47 Å². The van der Waals surface area contributed by atoms with E-state index in [1.54, 1.807) is 0 Å². The van der Waals surface area contributed by atoms with E-state index in [9.17, 15) is 0 Å². The van der Waals surface area contributed by atoms with Gasteiger partial charge in [0.05, 0.1) is 4.47 Å². The highest BCUT2D eigenvalue weighted by Gasteiger charge is 2.20. The van der Waals surface area contributed by atoms with Crippen LogP contribution in [0.2, 0.25) is 0 Å². The van der Waals surface area contributed by atoms with Gasteiger partial charge in [-0.25, -0.2) is 0 Å². The predicted molar refractivity (Wildman–Crippen MR) is 95.8 cm³/mol. The largest absolute Gasteiger partial charge is 0.530 e. The number of rotatable bonds is 6. The van der Waals surface area contributed by atoms with Crippen molar-refractivity contribution in [1.82, 2.24) is 0 Å². The summed E-state index contributed by atoms with van der Waals surface area (Å²) in [5, 5.41) is 0. The van der Waals surface area contributed by atoms with Gasteiger partial charge in [-0.3, -0.25) is 0 Å². The molecule has 0 saturated heterocycles. The molecule has 0 radical (unpaired) electrons. The average molecular weight is 389 g/mol. The van der Waals surface area contributed by atoms with Crippen LogP contribution >= 0.6 is 24.5 Å². The smallest absolute Gasteiger partial charge is 0.409 e. The van der Waals surface area contributed by atoms with E-state index < -0.39 is 8.60 Å². The van der Waals surface area contributed by atoms with Gasteiger partial charge >= 0.3 is 8.60 Å². The Kier molecular flexibility index (Phi) is 5.51. The number of benzene rings is 3. The molecule has 0 amide bonds. The maximum Gasteiger partial charge on any atom is 0.530 e. The quantitative estimate of drug-likeness (QED) is 0.469. The second kappa shape index (κ2) is 8.00. The van der Waals surface area contributed by atoms with Crippen LogP contribution in [-0.4, -0.2) is 0 Å². The number of hydrogen-bond donors (Lipinski definition) is 0. The Balaban J connectivity index is 1.79.